The van der Waals surface area contributed by atoms with Gasteiger partial charge in [0.15, 0.2) is 0 Å². The maximum absolute atomic E-state index is 10.8. The number of hydrogen-bond donors (Lipinski definition) is 3. The lowest BCUT2D eigenvalue weighted by Crippen LogP contribution is -2.34. The summed E-state index contributed by atoms with van der Waals surface area (Å²) in [7, 11) is 0. The van der Waals surface area contributed by atoms with Gasteiger partial charge in [0, 0.05) is 18.2 Å². The first kappa shape index (κ1) is 15.4. The number of carboxylic acid groups (broad SMARTS) is 1. The Balaban J connectivity index is 2.47. The first-order valence-corrected chi connectivity index (χ1v) is 6.47. The predicted octanol–water partition coefficient (Wildman–Crippen LogP) is 1.60. The van der Waals surface area contributed by atoms with Crippen molar-refractivity contribution in [3.8, 4) is 0 Å². The number of carbonyl (C=O) groups is 1. The Morgan fingerprint density at radius 1 is 1.37 bits per heavy atom. The molecule has 0 fully saturated rings. The van der Waals surface area contributed by atoms with Crippen molar-refractivity contribution < 1.29 is 15.0 Å². The van der Waals surface area contributed by atoms with Crippen LogP contribution in [0.5, 0.6) is 0 Å². The summed E-state index contributed by atoms with van der Waals surface area (Å²) in [6.07, 6.45) is 2.88. The summed E-state index contributed by atoms with van der Waals surface area (Å²) in [6.45, 7) is 2.29. The number of benzene rings is 1. The first-order chi connectivity index (χ1) is 9.17. The van der Waals surface area contributed by atoms with Crippen molar-refractivity contribution in [2.24, 2.45) is 0 Å². The fraction of sp³-hybridized carbons (Fsp3) is 0.400. The molecule has 1 aromatic rings. The maximum atomic E-state index is 10.8. The summed E-state index contributed by atoms with van der Waals surface area (Å²) in [5.74, 6) is -0.882. The molecule has 0 radical (unpaired) electrons. The zero-order chi connectivity index (χ0) is 14.1. The van der Waals surface area contributed by atoms with Crippen molar-refractivity contribution in [3.05, 3.63) is 47.5 Å². The van der Waals surface area contributed by atoms with Crippen LogP contribution in [0.4, 0.5) is 0 Å². The molecule has 0 amide bonds. The lowest BCUT2D eigenvalue weighted by molar-refractivity contribution is -0.132. The van der Waals surface area contributed by atoms with E-state index in [0.717, 1.165) is 12.0 Å². The number of aliphatic hydroxyl groups excluding tert-OH is 1. The van der Waals surface area contributed by atoms with Gasteiger partial charge in [-0.2, -0.15) is 0 Å². The van der Waals surface area contributed by atoms with Gasteiger partial charge < -0.3 is 15.5 Å². The van der Waals surface area contributed by atoms with Crippen molar-refractivity contribution in [1.29, 1.82) is 0 Å². The van der Waals surface area contributed by atoms with Crippen molar-refractivity contribution in [1.82, 2.24) is 5.32 Å². The number of nitrogens with one attached hydrogen (secondary N) is 1. The molecule has 0 saturated carbocycles. The van der Waals surface area contributed by atoms with Crippen LogP contribution in [-0.4, -0.2) is 35.4 Å². The highest BCUT2D eigenvalue weighted by molar-refractivity contribution is 5.86. The fourth-order valence-electron chi connectivity index (χ4n) is 1.83. The largest absolute Gasteiger partial charge is 0.478 e. The van der Waals surface area contributed by atoms with E-state index in [1.807, 2.05) is 37.3 Å². The van der Waals surface area contributed by atoms with E-state index in [-0.39, 0.29) is 12.6 Å². The Morgan fingerprint density at radius 3 is 2.58 bits per heavy atom. The van der Waals surface area contributed by atoms with E-state index in [0.29, 0.717) is 18.5 Å². The zero-order valence-corrected chi connectivity index (χ0v) is 11.2. The van der Waals surface area contributed by atoms with Crippen LogP contribution in [0.1, 0.15) is 18.9 Å². The van der Waals surface area contributed by atoms with Gasteiger partial charge in [-0.15, -0.1) is 0 Å². The van der Waals surface area contributed by atoms with E-state index in [4.69, 9.17) is 5.11 Å². The summed E-state index contributed by atoms with van der Waals surface area (Å²) in [5.41, 5.74) is 1.54. The molecule has 1 unspecified atom stereocenters. The minimum atomic E-state index is -0.882. The number of carboxylic acids is 1. The average Bonchev–Trinajstić information content (AvgIpc) is 2.43. The molecule has 0 aliphatic rings. The topological polar surface area (TPSA) is 69.6 Å². The molecule has 19 heavy (non-hydrogen) atoms. The van der Waals surface area contributed by atoms with Gasteiger partial charge >= 0.3 is 5.97 Å². The molecule has 4 nitrogen and oxygen atoms in total. The van der Waals surface area contributed by atoms with Crippen molar-refractivity contribution in [3.63, 3.8) is 0 Å². The number of hydrogen-bond acceptors (Lipinski definition) is 3. The number of aliphatic carboxylic acids is 1. The lowest BCUT2D eigenvalue weighted by atomic mass is 10.1. The normalized spacial score (nSPS) is 13.3. The van der Waals surface area contributed by atoms with Crippen LogP contribution in [0, 0.1) is 0 Å². The quantitative estimate of drug-likeness (QED) is 0.623. The van der Waals surface area contributed by atoms with Gasteiger partial charge in [0.05, 0.1) is 6.61 Å². The smallest absolute Gasteiger partial charge is 0.331 e. The summed E-state index contributed by atoms with van der Waals surface area (Å²) < 4.78 is 0. The molecule has 0 saturated heterocycles. The Kier molecular flexibility index (Phi) is 6.85. The highest BCUT2D eigenvalue weighted by atomic mass is 16.4. The summed E-state index contributed by atoms with van der Waals surface area (Å²) in [6, 6.07) is 9.83. The van der Waals surface area contributed by atoms with Crippen molar-refractivity contribution >= 4 is 5.97 Å². The second kappa shape index (κ2) is 8.45. The van der Waals surface area contributed by atoms with Crippen LogP contribution in [-0.2, 0) is 11.2 Å². The molecule has 0 aromatic heterocycles. The Labute approximate surface area is 113 Å². The number of aliphatic hydroxyl groups is 1. The van der Waals surface area contributed by atoms with Gasteiger partial charge in [-0.05, 0) is 18.4 Å². The van der Waals surface area contributed by atoms with Crippen LogP contribution >= 0.6 is 0 Å². The molecule has 1 aromatic carbocycles. The molecule has 1 rings (SSSR count). The van der Waals surface area contributed by atoms with Gasteiger partial charge in [0.25, 0.3) is 0 Å². The molecule has 3 N–H and O–H groups in total. The minimum Gasteiger partial charge on any atom is -0.478 e. The fourth-order valence-corrected chi connectivity index (χ4v) is 1.83. The summed E-state index contributed by atoms with van der Waals surface area (Å²) in [4.78, 5) is 10.8. The molecule has 104 valence electrons. The Bertz CT molecular complexity index is 415. The number of rotatable bonds is 8. The molecule has 0 aliphatic heterocycles. The summed E-state index contributed by atoms with van der Waals surface area (Å²) in [5, 5.41) is 21.4. The maximum Gasteiger partial charge on any atom is 0.331 e. The molecule has 0 spiro atoms. The standard InChI is InChI=1S/C15H21NO3/c1-2-13(15(18)19)8-9-16-14(11-17)10-12-6-4-3-5-7-12/h3-8,14,16-17H,2,9-11H2,1H3,(H,18,19)/b13-8-. The van der Waals surface area contributed by atoms with Gasteiger partial charge in [0.1, 0.15) is 0 Å². The Morgan fingerprint density at radius 2 is 2.05 bits per heavy atom. The predicted molar refractivity (Wildman–Crippen MR) is 75.0 cm³/mol. The van der Waals surface area contributed by atoms with Gasteiger partial charge in [-0.1, -0.05) is 43.3 Å². The SMILES string of the molecule is CC/C(=C/CNC(CO)Cc1ccccc1)C(=O)O. The van der Waals surface area contributed by atoms with Crippen LogP contribution < -0.4 is 5.32 Å². The third-order valence-corrected chi connectivity index (χ3v) is 2.96. The third-order valence-electron chi connectivity index (χ3n) is 2.96. The molecule has 0 bridgehead atoms. The Hall–Kier alpha value is -1.65. The average molecular weight is 263 g/mol. The van der Waals surface area contributed by atoms with E-state index in [1.165, 1.54) is 0 Å². The highest BCUT2D eigenvalue weighted by Gasteiger charge is 2.08. The van der Waals surface area contributed by atoms with Crippen LogP contribution in [0.15, 0.2) is 42.0 Å². The monoisotopic (exact) mass is 263 g/mol. The molecule has 0 aliphatic carbocycles. The molecular weight excluding hydrogens is 242 g/mol. The van der Waals surface area contributed by atoms with Crippen LogP contribution in [0.3, 0.4) is 0 Å². The second-order valence-electron chi connectivity index (χ2n) is 4.37. The van der Waals surface area contributed by atoms with E-state index >= 15 is 0 Å². The second-order valence-corrected chi connectivity index (χ2v) is 4.37. The third kappa shape index (κ3) is 5.68. The molecule has 1 atom stereocenters. The first-order valence-electron chi connectivity index (χ1n) is 6.47. The van der Waals surface area contributed by atoms with Crippen molar-refractivity contribution in [2.75, 3.05) is 13.2 Å². The minimum absolute atomic E-state index is 0.0251. The van der Waals surface area contributed by atoms with E-state index in [9.17, 15) is 9.90 Å². The summed E-state index contributed by atoms with van der Waals surface area (Å²) >= 11 is 0. The lowest BCUT2D eigenvalue weighted by Gasteiger charge is -2.15. The molecule has 0 heterocycles. The van der Waals surface area contributed by atoms with Gasteiger partial charge in [-0.3, -0.25) is 0 Å². The zero-order valence-electron chi connectivity index (χ0n) is 11.2. The van der Waals surface area contributed by atoms with Crippen LogP contribution in [0.25, 0.3) is 0 Å². The molecule has 4 heteroatoms. The van der Waals surface area contributed by atoms with Gasteiger partial charge in [0.2, 0.25) is 0 Å². The van der Waals surface area contributed by atoms with E-state index < -0.39 is 5.97 Å². The van der Waals surface area contributed by atoms with Crippen LogP contribution in [0.2, 0.25) is 0 Å². The molecular formula is C15H21NO3. The van der Waals surface area contributed by atoms with Crippen molar-refractivity contribution in [2.45, 2.75) is 25.8 Å². The van der Waals surface area contributed by atoms with Gasteiger partial charge in [-0.25, -0.2) is 4.79 Å². The highest BCUT2D eigenvalue weighted by Crippen LogP contribution is 2.03. The van der Waals surface area contributed by atoms with E-state index in [2.05, 4.69) is 5.32 Å². The van der Waals surface area contributed by atoms with E-state index in [1.54, 1.807) is 6.08 Å².